The van der Waals surface area contributed by atoms with E-state index in [0.29, 0.717) is 22.0 Å². The maximum absolute atomic E-state index is 12.9. The molecule has 0 aliphatic heterocycles. The summed E-state index contributed by atoms with van der Waals surface area (Å²) in [5.41, 5.74) is 4.61. The number of carbonyl (C=O) groups is 2. The first-order valence-corrected chi connectivity index (χ1v) is 13.7. The molecule has 0 fully saturated rings. The zero-order valence-corrected chi connectivity index (χ0v) is 22.9. The van der Waals surface area contributed by atoms with Crippen molar-refractivity contribution < 1.29 is 22.5 Å². The summed E-state index contributed by atoms with van der Waals surface area (Å²) in [5.74, 6) is 0.225. The van der Waals surface area contributed by atoms with Crippen LogP contribution < -0.4 is 20.7 Å². The minimum atomic E-state index is -3.88. The Balaban J connectivity index is 1.38. The number of carbonyl (C=O) groups excluding carboxylic acids is 2. The van der Waals surface area contributed by atoms with Crippen LogP contribution in [-0.2, 0) is 10.0 Å². The molecule has 2 aromatic heterocycles. The fourth-order valence-corrected chi connectivity index (χ4v) is 5.64. The van der Waals surface area contributed by atoms with Gasteiger partial charge in [0.1, 0.15) is 10.6 Å². The van der Waals surface area contributed by atoms with Gasteiger partial charge < -0.3 is 15.2 Å². The molecule has 3 amide bonds. The Labute approximate surface area is 223 Å². The summed E-state index contributed by atoms with van der Waals surface area (Å²) in [6, 6.07) is 10.4. The van der Waals surface area contributed by atoms with Crippen LogP contribution in [0.5, 0.6) is 0 Å². The second-order valence-electron chi connectivity index (χ2n) is 8.69. The Kier molecular flexibility index (Phi) is 7.51. The Morgan fingerprint density at radius 2 is 1.55 bits per heavy atom. The molecule has 0 unspecified atom stereocenters. The first kappa shape index (κ1) is 26.8. The van der Waals surface area contributed by atoms with Crippen molar-refractivity contribution in [2.24, 2.45) is 0 Å². The molecule has 4 rings (SSSR count). The lowest BCUT2D eigenvalue weighted by Gasteiger charge is -2.12. The standard InChI is InChI=1S/C25H26N6O5S2/c1-13-10-14(2)21(15(3)11-13)28-23(32)22-17(5)26-25(37-22)29-24(33)27-18-6-8-19(9-7-18)38(34,35)31-20-12-16(4)36-30-20/h6-12H,1-5H3,(H,28,32)(H,30,31)(H2,26,27,29,33). The van der Waals surface area contributed by atoms with Gasteiger partial charge in [-0.05, 0) is 70.0 Å². The molecule has 0 aliphatic rings. The topological polar surface area (TPSA) is 155 Å². The van der Waals surface area contributed by atoms with Crippen molar-refractivity contribution in [3.63, 3.8) is 0 Å². The van der Waals surface area contributed by atoms with Crippen LogP contribution in [0.25, 0.3) is 0 Å². The third kappa shape index (κ3) is 6.18. The van der Waals surface area contributed by atoms with Gasteiger partial charge in [0, 0.05) is 17.4 Å². The van der Waals surface area contributed by atoms with Gasteiger partial charge in [-0.25, -0.2) is 18.2 Å². The van der Waals surface area contributed by atoms with E-state index in [9.17, 15) is 18.0 Å². The number of nitrogens with zero attached hydrogens (tertiary/aromatic N) is 2. The molecular weight excluding hydrogens is 528 g/mol. The van der Waals surface area contributed by atoms with E-state index >= 15 is 0 Å². The van der Waals surface area contributed by atoms with Crippen LogP contribution in [0, 0.1) is 34.6 Å². The van der Waals surface area contributed by atoms with Gasteiger partial charge in [-0.2, -0.15) is 0 Å². The van der Waals surface area contributed by atoms with Crippen LogP contribution in [0.1, 0.15) is 37.8 Å². The predicted molar refractivity (Wildman–Crippen MR) is 147 cm³/mol. The number of nitrogens with one attached hydrogen (secondary N) is 4. The monoisotopic (exact) mass is 554 g/mol. The molecule has 38 heavy (non-hydrogen) atoms. The molecule has 4 N–H and O–H groups in total. The van der Waals surface area contributed by atoms with Crippen LogP contribution in [-0.4, -0.2) is 30.5 Å². The van der Waals surface area contributed by atoms with E-state index in [4.69, 9.17) is 4.52 Å². The summed E-state index contributed by atoms with van der Waals surface area (Å²) >= 11 is 1.05. The van der Waals surface area contributed by atoms with Crippen molar-refractivity contribution in [3.05, 3.63) is 75.5 Å². The fraction of sp³-hybridized carbons (Fsp3) is 0.200. The number of anilines is 4. The summed E-state index contributed by atoms with van der Waals surface area (Å²) in [4.78, 5) is 30.1. The third-order valence-electron chi connectivity index (χ3n) is 5.43. The molecule has 0 atom stereocenters. The average Bonchev–Trinajstić information content (AvgIpc) is 3.40. The van der Waals surface area contributed by atoms with Gasteiger partial charge in [0.15, 0.2) is 10.9 Å². The van der Waals surface area contributed by atoms with Crippen LogP contribution in [0.15, 0.2) is 51.9 Å². The molecule has 2 aromatic carbocycles. The third-order valence-corrected chi connectivity index (χ3v) is 7.87. The minimum absolute atomic E-state index is 0.0191. The maximum atomic E-state index is 12.9. The predicted octanol–water partition coefficient (Wildman–Crippen LogP) is 5.37. The number of sulfonamides is 1. The van der Waals surface area contributed by atoms with E-state index in [1.807, 2.05) is 32.9 Å². The van der Waals surface area contributed by atoms with E-state index in [-0.39, 0.29) is 21.8 Å². The lowest BCUT2D eigenvalue weighted by atomic mass is 10.1. The van der Waals surface area contributed by atoms with Crippen molar-refractivity contribution in [2.75, 3.05) is 20.7 Å². The number of aryl methyl sites for hydroxylation is 5. The molecule has 198 valence electrons. The Hall–Kier alpha value is -4.23. The highest BCUT2D eigenvalue weighted by molar-refractivity contribution is 7.92. The quantitative estimate of drug-likeness (QED) is 0.239. The molecule has 0 spiro atoms. The molecule has 4 aromatic rings. The second kappa shape index (κ2) is 10.6. The molecule has 0 saturated heterocycles. The Morgan fingerprint density at radius 1 is 0.895 bits per heavy atom. The van der Waals surface area contributed by atoms with Crippen molar-refractivity contribution in [1.82, 2.24) is 10.1 Å². The van der Waals surface area contributed by atoms with E-state index in [1.165, 1.54) is 30.3 Å². The van der Waals surface area contributed by atoms with Gasteiger partial charge in [-0.3, -0.25) is 14.8 Å². The summed E-state index contributed by atoms with van der Waals surface area (Å²) in [5, 5.41) is 12.0. The molecule has 2 heterocycles. The zero-order valence-electron chi connectivity index (χ0n) is 21.3. The van der Waals surface area contributed by atoms with E-state index in [2.05, 4.69) is 30.8 Å². The molecule has 11 nitrogen and oxygen atoms in total. The number of amides is 3. The molecule has 0 aliphatic carbocycles. The zero-order chi connectivity index (χ0) is 27.6. The smallest absolute Gasteiger partial charge is 0.325 e. The first-order valence-electron chi connectivity index (χ1n) is 11.4. The van der Waals surface area contributed by atoms with Gasteiger partial charge in [-0.1, -0.05) is 34.2 Å². The van der Waals surface area contributed by atoms with Crippen molar-refractivity contribution in [1.29, 1.82) is 0 Å². The van der Waals surface area contributed by atoms with E-state index in [1.54, 1.807) is 13.8 Å². The van der Waals surface area contributed by atoms with E-state index in [0.717, 1.165) is 33.7 Å². The highest BCUT2D eigenvalue weighted by atomic mass is 32.2. The Morgan fingerprint density at radius 3 is 2.16 bits per heavy atom. The van der Waals surface area contributed by atoms with Crippen LogP contribution >= 0.6 is 11.3 Å². The van der Waals surface area contributed by atoms with Crippen LogP contribution in [0.4, 0.5) is 27.1 Å². The van der Waals surface area contributed by atoms with Gasteiger partial charge in [0.2, 0.25) is 0 Å². The number of hydrogen-bond acceptors (Lipinski definition) is 8. The average molecular weight is 555 g/mol. The van der Waals surface area contributed by atoms with Gasteiger partial charge in [0.25, 0.3) is 15.9 Å². The highest BCUT2D eigenvalue weighted by Crippen LogP contribution is 2.27. The number of rotatable bonds is 7. The Bertz CT molecular complexity index is 1600. The lowest BCUT2D eigenvalue weighted by Crippen LogP contribution is -2.19. The van der Waals surface area contributed by atoms with Crippen molar-refractivity contribution >= 4 is 55.6 Å². The number of hydrogen-bond donors (Lipinski definition) is 4. The molecule has 0 bridgehead atoms. The largest absolute Gasteiger partial charge is 0.360 e. The molecule has 13 heteroatoms. The SMILES string of the molecule is Cc1cc(C)c(NC(=O)c2sc(NC(=O)Nc3ccc(S(=O)(=O)Nc4cc(C)on4)cc3)nc2C)c(C)c1. The van der Waals surface area contributed by atoms with Gasteiger partial charge in [-0.15, -0.1) is 0 Å². The summed E-state index contributed by atoms with van der Waals surface area (Å²) in [6.45, 7) is 9.20. The maximum Gasteiger partial charge on any atom is 0.325 e. The van der Waals surface area contributed by atoms with Crippen LogP contribution in [0.3, 0.4) is 0 Å². The van der Waals surface area contributed by atoms with Crippen molar-refractivity contribution in [2.45, 2.75) is 39.5 Å². The first-order chi connectivity index (χ1) is 17.9. The van der Waals surface area contributed by atoms with Crippen molar-refractivity contribution in [3.8, 4) is 0 Å². The highest BCUT2D eigenvalue weighted by Gasteiger charge is 2.19. The number of benzene rings is 2. The summed E-state index contributed by atoms with van der Waals surface area (Å²) in [6.07, 6.45) is 0. The normalized spacial score (nSPS) is 11.2. The van der Waals surface area contributed by atoms with Gasteiger partial charge >= 0.3 is 6.03 Å². The fourth-order valence-electron chi connectivity index (χ4n) is 3.80. The summed E-state index contributed by atoms with van der Waals surface area (Å²) < 4.78 is 32.2. The molecule has 0 radical (unpaired) electrons. The number of thiazole rings is 1. The van der Waals surface area contributed by atoms with E-state index < -0.39 is 16.1 Å². The number of aromatic nitrogens is 2. The lowest BCUT2D eigenvalue weighted by molar-refractivity contribution is 0.102. The summed E-state index contributed by atoms with van der Waals surface area (Å²) in [7, 11) is -3.88. The molecular formula is C25H26N6O5S2. The second-order valence-corrected chi connectivity index (χ2v) is 11.4. The number of urea groups is 1. The molecule has 0 saturated carbocycles. The van der Waals surface area contributed by atoms with Crippen LogP contribution in [0.2, 0.25) is 0 Å². The minimum Gasteiger partial charge on any atom is -0.360 e. The van der Waals surface area contributed by atoms with Gasteiger partial charge in [0.05, 0.1) is 10.6 Å².